The van der Waals surface area contributed by atoms with Crippen molar-refractivity contribution in [2.45, 2.75) is 25.0 Å². The van der Waals surface area contributed by atoms with Crippen LogP contribution in [0.1, 0.15) is 12.5 Å². The zero-order valence-electron chi connectivity index (χ0n) is 10.9. The number of H-pyrrole nitrogens is 1. The quantitative estimate of drug-likeness (QED) is 0.651. The largest absolute Gasteiger partial charge is 0.343 e. The molecule has 0 radical (unpaired) electrons. The minimum Gasteiger partial charge on any atom is -0.270 e. The van der Waals surface area contributed by atoms with E-state index in [0.29, 0.717) is 6.54 Å². The van der Waals surface area contributed by atoms with Crippen LogP contribution in [0.5, 0.6) is 0 Å². The molecule has 0 amide bonds. The first kappa shape index (κ1) is 13.7. The average Bonchev–Trinajstić information content (AvgIpc) is 2.76. The maximum Gasteiger partial charge on any atom is 0.343 e. The highest BCUT2D eigenvalue weighted by Gasteiger charge is 2.08. The molecule has 2 aromatic rings. The van der Waals surface area contributed by atoms with Gasteiger partial charge in [-0.25, -0.2) is 9.89 Å². The fraction of sp³-hybridized carbons (Fsp3) is 0.286. The van der Waals surface area contributed by atoms with Crippen LogP contribution in [0.3, 0.4) is 0 Å². The molecule has 2 rings (SSSR count). The molecule has 0 saturated heterocycles. The van der Waals surface area contributed by atoms with Gasteiger partial charge in [-0.05, 0) is 18.9 Å². The van der Waals surface area contributed by atoms with Gasteiger partial charge in [0.1, 0.15) is 0 Å². The Labute approximate surface area is 116 Å². The topological polar surface area (TPSA) is 50.7 Å². The molecule has 0 unspecified atom stereocenters. The first-order valence-electron chi connectivity index (χ1n) is 6.13. The SMILES string of the molecule is C=C(C)CSc1n[nH]c(=O)n1CCc1ccccc1. The summed E-state index contributed by atoms with van der Waals surface area (Å²) in [4.78, 5) is 11.7. The van der Waals surface area contributed by atoms with Crippen molar-refractivity contribution in [3.8, 4) is 0 Å². The molecule has 4 nitrogen and oxygen atoms in total. The summed E-state index contributed by atoms with van der Waals surface area (Å²) in [6, 6.07) is 10.1. The Kier molecular flexibility index (Phi) is 4.63. The second-order valence-electron chi connectivity index (χ2n) is 4.44. The van der Waals surface area contributed by atoms with E-state index in [2.05, 4.69) is 28.9 Å². The summed E-state index contributed by atoms with van der Waals surface area (Å²) in [5.41, 5.74) is 2.13. The molecule has 1 N–H and O–H groups in total. The van der Waals surface area contributed by atoms with E-state index >= 15 is 0 Å². The van der Waals surface area contributed by atoms with Gasteiger partial charge in [-0.3, -0.25) is 4.57 Å². The van der Waals surface area contributed by atoms with Gasteiger partial charge in [0.05, 0.1) is 0 Å². The van der Waals surface area contributed by atoms with Crippen molar-refractivity contribution < 1.29 is 0 Å². The summed E-state index contributed by atoms with van der Waals surface area (Å²) in [6.45, 7) is 6.46. The summed E-state index contributed by atoms with van der Waals surface area (Å²) < 4.78 is 1.68. The average molecular weight is 275 g/mol. The molecule has 0 aliphatic carbocycles. The molecule has 0 spiro atoms. The second kappa shape index (κ2) is 6.43. The van der Waals surface area contributed by atoms with Gasteiger partial charge in [-0.2, -0.15) is 0 Å². The summed E-state index contributed by atoms with van der Waals surface area (Å²) in [5.74, 6) is 0.773. The van der Waals surface area contributed by atoms with Gasteiger partial charge in [0.2, 0.25) is 0 Å². The first-order valence-corrected chi connectivity index (χ1v) is 7.11. The predicted molar refractivity (Wildman–Crippen MR) is 78.5 cm³/mol. The van der Waals surface area contributed by atoms with Gasteiger partial charge in [0, 0.05) is 12.3 Å². The standard InChI is InChI=1S/C14H17N3OS/c1-11(2)10-19-14-16-15-13(18)17(14)9-8-12-6-4-3-5-7-12/h3-7H,1,8-10H2,2H3,(H,15,18). The third kappa shape index (κ3) is 3.86. The van der Waals surface area contributed by atoms with Crippen LogP contribution in [-0.4, -0.2) is 20.5 Å². The number of aryl methyl sites for hydroxylation is 1. The van der Waals surface area contributed by atoms with Crippen LogP contribution in [0.2, 0.25) is 0 Å². The minimum absolute atomic E-state index is 0.153. The van der Waals surface area contributed by atoms with E-state index in [-0.39, 0.29) is 5.69 Å². The molecule has 19 heavy (non-hydrogen) atoms. The van der Waals surface area contributed by atoms with Gasteiger partial charge < -0.3 is 0 Å². The maximum absolute atomic E-state index is 11.7. The number of hydrogen-bond donors (Lipinski definition) is 1. The number of nitrogens with zero attached hydrogens (tertiary/aromatic N) is 2. The van der Waals surface area contributed by atoms with E-state index in [1.807, 2.05) is 25.1 Å². The molecule has 0 atom stereocenters. The second-order valence-corrected chi connectivity index (χ2v) is 5.39. The Bertz CT molecular complexity index is 601. The summed E-state index contributed by atoms with van der Waals surface area (Å²) in [5, 5.41) is 7.28. The predicted octanol–water partition coefficient (Wildman–Crippen LogP) is 2.48. The minimum atomic E-state index is -0.153. The molecular weight excluding hydrogens is 258 g/mol. The van der Waals surface area contributed by atoms with E-state index in [9.17, 15) is 4.79 Å². The van der Waals surface area contributed by atoms with Crippen LogP contribution in [0.15, 0.2) is 52.4 Å². The Balaban J connectivity index is 2.05. The van der Waals surface area contributed by atoms with Crippen molar-refractivity contribution in [3.63, 3.8) is 0 Å². The lowest BCUT2D eigenvalue weighted by Crippen LogP contribution is -2.18. The highest BCUT2D eigenvalue weighted by molar-refractivity contribution is 7.99. The van der Waals surface area contributed by atoms with Crippen molar-refractivity contribution in [2.24, 2.45) is 0 Å². The van der Waals surface area contributed by atoms with Crippen molar-refractivity contribution in [3.05, 3.63) is 58.5 Å². The van der Waals surface area contributed by atoms with Crippen molar-refractivity contribution in [1.82, 2.24) is 14.8 Å². The number of hydrogen-bond acceptors (Lipinski definition) is 3. The van der Waals surface area contributed by atoms with E-state index < -0.39 is 0 Å². The molecule has 0 aliphatic heterocycles. The molecular formula is C14H17N3OS. The lowest BCUT2D eigenvalue weighted by molar-refractivity contribution is 0.616. The van der Waals surface area contributed by atoms with Gasteiger partial charge in [-0.15, -0.1) is 5.10 Å². The summed E-state index contributed by atoms with van der Waals surface area (Å²) in [7, 11) is 0. The van der Waals surface area contributed by atoms with Gasteiger partial charge in [0.15, 0.2) is 5.16 Å². The number of thioether (sulfide) groups is 1. The molecule has 1 heterocycles. The van der Waals surface area contributed by atoms with Crippen LogP contribution < -0.4 is 5.69 Å². The fourth-order valence-corrected chi connectivity index (χ4v) is 2.50. The highest BCUT2D eigenvalue weighted by atomic mass is 32.2. The summed E-state index contributed by atoms with van der Waals surface area (Å²) in [6.07, 6.45) is 0.820. The summed E-state index contributed by atoms with van der Waals surface area (Å²) >= 11 is 1.53. The smallest absolute Gasteiger partial charge is 0.270 e. The number of benzene rings is 1. The van der Waals surface area contributed by atoms with E-state index in [1.54, 1.807) is 4.57 Å². The lowest BCUT2D eigenvalue weighted by Gasteiger charge is -2.05. The van der Waals surface area contributed by atoms with Crippen LogP contribution >= 0.6 is 11.8 Å². The Hall–Kier alpha value is -1.75. The molecule has 0 aliphatic rings. The Morgan fingerprint density at radius 2 is 2.16 bits per heavy atom. The van der Waals surface area contributed by atoms with Crippen molar-refractivity contribution in [1.29, 1.82) is 0 Å². The highest BCUT2D eigenvalue weighted by Crippen LogP contribution is 2.16. The molecule has 100 valence electrons. The van der Waals surface area contributed by atoms with Crippen molar-refractivity contribution >= 4 is 11.8 Å². The first-order chi connectivity index (χ1) is 9.16. The van der Waals surface area contributed by atoms with E-state index in [0.717, 1.165) is 22.9 Å². The molecule has 0 fully saturated rings. The van der Waals surface area contributed by atoms with Crippen LogP contribution in [0.4, 0.5) is 0 Å². The maximum atomic E-state index is 11.7. The molecule has 1 aromatic carbocycles. The molecule has 0 bridgehead atoms. The molecule has 5 heteroatoms. The van der Waals surface area contributed by atoms with E-state index in [4.69, 9.17) is 0 Å². The lowest BCUT2D eigenvalue weighted by atomic mass is 10.1. The number of rotatable bonds is 6. The molecule has 1 aromatic heterocycles. The van der Waals surface area contributed by atoms with Crippen LogP contribution in [0.25, 0.3) is 0 Å². The Morgan fingerprint density at radius 3 is 2.84 bits per heavy atom. The number of aromatic nitrogens is 3. The van der Waals surface area contributed by atoms with Crippen molar-refractivity contribution in [2.75, 3.05) is 5.75 Å². The van der Waals surface area contributed by atoms with E-state index in [1.165, 1.54) is 17.3 Å². The zero-order chi connectivity index (χ0) is 13.7. The normalized spacial score (nSPS) is 10.6. The van der Waals surface area contributed by atoms with Gasteiger partial charge in [0.25, 0.3) is 0 Å². The molecule has 0 saturated carbocycles. The fourth-order valence-electron chi connectivity index (χ4n) is 1.68. The number of nitrogens with one attached hydrogen (secondary N) is 1. The third-order valence-electron chi connectivity index (χ3n) is 2.64. The monoisotopic (exact) mass is 275 g/mol. The zero-order valence-corrected chi connectivity index (χ0v) is 11.7. The van der Waals surface area contributed by atoms with Gasteiger partial charge >= 0.3 is 5.69 Å². The third-order valence-corrected chi connectivity index (χ3v) is 3.84. The van der Waals surface area contributed by atoms with Gasteiger partial charge in [-0.1, -0.05) is 54.2 Å². The Morgan fingerprint density at radius 1 is 1.42 bits per heavy atom. The van der Waals surface area contributed by atoms with Crippen LogP contribution in [-0.2, 0) is 13.0 Å². The van der Waals surface area contributed by atoms with Crippen LogP contribution in [0, 0.1) is 0 Å². The number of aromatic amines is 1.